The summed E-state index contributed by atoms with van der Waals surface area (Å²) in [4.78, 5) is 3.98. The number of hydrogen-bond donors (Lipinski definition) is 0. The lowest BCUT2D eigenvalue weighted by Gasteiger charge is -2.12. The second kappa shape index (κ2) is 5.49. The van der Waals surface area contributed by atoms with E-state index in [2.05, 4.69) is 23.2 Å². The van der Waals surface area contributed by atoms with Crippen LogP contribution >= 0.6 is 23.2 Å². The third kappa shape index (κ3) is 2.76. The van der Waals surface area contributed by atoms with Crippen LogP contribution in [0.3, 0.4) is 0 Å². The first-order chi connectivity index (χ1) is 9.24. The van der Waals surface area contributed by atoms with Gasteiger partial charge < -0.3 is 4.74 Å². The summed E-state index contributed by atoms with van der Waals surface area (Å²) in [6.45, 7) is 1.39. The van der Waals surface area contributed by atoms with E-state index in [4.69, 9.17) is 27.9 Å². The summed E-state index contributed by atoms with van der Waals surface area (Å²) < 4.78 is 5.41. The average molecular weight is 294 g/mol. The molecule has 4 heteroatoms. The van der Waals surface area contributed by atoms with Crippen molar-refractivity contribution in [3.63, 3.8) is 0 Å². The fourth-order valence-electron chi connectivity index (χ4n) is 2.27. The van der Waals surface area contributed by atoms with Crippen molar-refractivity contribution in [3.05, 3.63) is 63.9 Å². The maximum absolute atomic E-state index is 6.49. The standard InChI is InChI=1S/C15H13Cl2NO/c16-14(6-11-3-4-18-7-15(11)17)10-1-2-12-8-19-9-13(12)5-10/h1-5,7,14H,6,8-9H2. The van der Waals surface area contributed by atoms with Gasteiger partial charge in [-0.2, -0.15) is 0 Å². The Morgan fingerprint density at radius 1 is 1.21 bits per heavy atom. The molecule has 2 nitrogen and oxygen atoms in total. The van der Waals surface area contributed by atoms with Gasteiger partial charge in [-0.15, -0.1) is 11.6 Å². The molecule has 0 saturated carbocycles. The molecule has 1 aliphatic rings. The molecule has 0 aliphatic carbocycles. The molecule has 1 aromatic carbocycles. The van der Waals surface area contributed by atoms with E-state index in [1.54, 1.807) is 12.4 Å². The summed E-state index contributed by atoms with van der Waals surface area (Å²) in [5.41, 5.74) is 4.63. The number of aromatic nitrogens is 1. The highest BCUT2D eigenvalue weighted by molar-refractivity contribution is 6.31. The molecule has 0 bridgehead atoms. The zero-order valence-electron chi connectivity index (χ0n) is 10.3. The molecule has 0 spiro atoms. The Morgan fingerprint density at radius 3 is 2.89 bits per heavy atom. The second-order valence-corrected chi connectivity index (χ2v) is 5.59. The van der Waals surface area contributed by atoms with Gasteiger partial charge in [0.15, 0.2) is 0 Å². The molecule has 1 atom stereocenters. The van der Waals surface area contributed by atoms with E-state index in [1.807, 2.05) is 6.07 Å². The van der Waals surface area contributed by atoms with Gasteiger partial charge in [0.25, 0.3) is 0 Å². The van der Waals surface area contributed by atoms with Crippen LogP contribution in [-0.2, 0) is 24.4 Å². The second-order valence-electron chi connectivity index (χ2n) is 4.66. The van der Waals surface area contributed by atoms with Crippen molar-refractivity contribution in [1.29, 1.82) is 0 Å². The van der Waals surface area contributed by atoms with Crippen LogP contribution in [0.4, 0.5) is 0 Å². The SMILES string of the molecule is Clc1cnccc1CC(Cl)c1ccc2c(c1)COC2. The number of ether oxygens (including phenoxy) is 1. The first-order valence-corrected chi connectivity index (χ1v) is 6.97. The Kier molecular flexibility index (Phi) is 3.74. The van der Waals surface area contributed by atoms with Crippen LogP contribution in [0.2, 0.25) is 5.02 Å². The van der Waals surface area contributed by atoms with Gasteiger partial charge in [-0.05, 0) is 34.7 Å². The first-order valence-electron chi connectivity index (χ1n) is 6.16. The summed E-state index contributed by atoms with van der Waals surface area (Å²) in [5, 5.41) is 0.573. The van der Waals surface area contributed by atoms with Crippen molar-refractivity contribution < 1.29 is 4.74 Å². The summed E-state index contributed by atoms with van der Waals surface area (Å²) in [6.07, 6.45) is 4.08. The maximum Gasteiger partial charge on any atom is 0.0725 e. The molecule has 0 N–H and O–H groups in total. The predicted octanol–water partition coefficient (Wildman–Crippen LogP) is 4.29. The van der Waals surface area contributed by atoms with Crippen LogP contribution in [0, 0.1) is 0 Å². The molecular formula is C15H13Cl2NO. The number of hydrogen-bond acceptors (Lipinski definition) is 2. The molecule has 0 amide bonds. The number of alkyl halides is 1. The van der Waals surface area contributed by atoms with Gasteiger partial charge in [0, 0.05) is 12.4 Å². The predicted molar refractivity (Wildman–Crippen MR) is 76.5 cm³/mol. The highest BCUT2D eigenvalue weighted by Gasteiger charge is 2.16. The normalized spacial score (nSPS) is 15.3. The van der Waals surface area contributed by atoms with Crippen molar-refractivity contribution >= 4 is 23.2 Å². The van der Waals surface area contributed by atoms with Crippen molar-refractivity contribution in [2.24, 2.45) is 0 Å². The number of benzene rings is 1. The Bertz CT molecular complexity index is 600. The van der Waals surface area contributed by atoms with E-state index in [1.165, 1.54) is 11.1 Å². The smallest absolute Gasteiger partial charge is 0.0725 e. The van der Waals surface area contributed by atoms with Gasteiger partial charge >= 0.3 is 0 Å². The molecule has 1 aliphatic heterocycles. The topological polar surface area (TPSA) is 22.1 Å². The van der Waals surface area contributed by atoms with Crippen LogP contribution in [-0.4, -0.2) is 4.98 Å². The molecule has 19 heavy (non-hydrogen) atoms. The number of rotatable bonds is 3. The van der Waals surface area contributed by atoms with Crippen molar-refractivity contribution in [2.45, 2.75) is 25.0 Å². The number of pyridine rings is 1. The highest BCUT2D eigenvalue weighted by atomic mass is 35.5. The Morgan fingerprint density at radius 2 is 2.05 bits per heavy atom. The zero-order chi connectivity index (χ0) is 13.2. The van der Waals surface area contributed by atoms with Crippen LogP contribution in [0.1, 0.15) is 27.6 Å². The lowest BCUT2D eigenvalue weighted by Crippen LogP contribution is -1.98. The summed E-state index contributed by atoms with van der Waals surface area (Å²) in [7, 11) is 0. The highest BCUT2D eigenvalue weighted by Crippen LogP contribution is 2.30. The summed E-state index contributed by atoms with van der Waals surface area (Å²) in [6, 6.07) is 8.21. The van der Waals surface area contributed by atoms with Crippen molar-refractivity contribution in [3.8, 4) is 0 Å². The largest absolute Gasteiger partial charge is 0.372 e. The molecule has 2 aromatic rings. The average Bonchev–Trinajstić information content (AvgIpc) is 2.88. The van der Waals surface area contributed by atoms with Gasteiger partial charge in [0.05, 0.1) is 23.6 Å². The van der Waals surface area contributed by atoms with Crippen LogP contribution < -0.4 is 0 Å². The van der Waals surface area contributed by atoms with Gasteiger partial charge in [0.1, 0.15) is 0 Å². The number of halogens is 2. The molecule has 0 fully saturated rings. The fraction of sp³-hybridized carbons (Fsp3) is 0.267. The molecule has 2 heterocycles. The van der Waals surface area contributed by atoms with Crippen LogP contribution in [0.5, 0.6) is 0 Å². The molecule has 3 rings (SSSR count). The third-order valence-electron chi connectivity index (χ3n) is 3.36. The van der Waals surface area contributed by atoms with Crippen molar-refractivity contribution in [2.75, 3.05) is 0 Å². The van der Waals surface area contributed by atoms with Gasteiger partial charge in [0.2, 0.25) is 0 Å². The molecule has 1 aromatic heterocycles. The van der Waals surface area contributed by atoms with E-state index in [0.29, 0.717) is 24.7 Å². The molecular weight excluding hydrogens is 281 g/mol. The van der Waals surface area contributed by atoms with E-state index in [0.717, 1.165) is 11.1 Å². The summed E-state index contributed by atoms with van der Waals surface area (Å²) >= 11 is 12.6. The molecule has 98 valence electrons. The fourth-order valence-corrected chi connectivity index (χ4v) is 2.77. The van der Waals surface area contributed by atoms with Gasteiger partial charge in [-0.1, -0.05) is 29.8 Å². The number of nitrogens with zero attached hydrogens (tertiary/aromatic N) is 1. The Labute approximate surface area is 122 Å². The maximum atomic E-state index is 6.49. The van der Waals surface area contributed by atoms with Crippen molar-refractivity contribution in [1.82, 2.24) is 4.98 Å². The van der Waals surface area contributed by atoms with Crippen LogP contribution in [0.15, 0.2) is 36.7 Å². The zero-order valence-corrected chi connectivity index (χ0v) is 11.8. The molecule has 0 radical (unpaired) electrons. The van der Waals surface area contributed by atoms with E-state index in [9.17, 15) is 0 Å². The lowest BCUT2D eigenvalue weighted by molar-refractivity contribution is 0.134. The number of fused-ring (bicyclic) bond motifs is 1. The van der Waals surface area contributed by atoms with E-state index >= 15 is 0 Å². The van der Waals surface area contributed by atoms with E-state index < -0.39 is 0 Å². The van der Waals surface area contributed by atoms with Gasteiger partial charge in [-0.25, -0.2) is 0 Å². The Balaban J connectivity index is 1.81. The quantitative estimate of drug-likeness (QED) is 0.788. The van der Waals surface area contributed by atoms with E-state index in [-0.39, 0.29) is 5.38 Å². The minimum Gasteiger partial charge on any atom is -0.372 e. The minimum absolute atomic E-state index is 0.0919. The third-order valence-corrected chi connectivity index (χ3v) is 4.11. The molecule has 1 unspecified atom stereocenters. The summed E-state index contributed by atoms with van der Waals surface area (Å²) in [5.74, 6) is 0. The molecule has 0 saturated heterocycles. The Hall–Kier alpha value is -1.09. The van der Waals surface area contributed by atoms with Gasteiger partial charge in [-0.3, -0.25) is 4.98 Å². The van der Waals surface area contributed by atoms with Crippen LogP contribution in [0.25, 0.3) is 0 Å². The monoisotopic (exact) mass is 293 g/mol. The lowest BCUT2D eigenvalue weighted by atomic mass is 10.0. The minimum atomic E-state index is -0.0919. The first kappa shape index (κ1) is 12.9.